The summed E-state index contributed by atoms with van der Waals surface area (Å²) in [6.07, 6.45) is -2.40. The molecular formula is C27H32N2O7. The van der Waals surface area contributed by atoms with Crippen LogP contribution in [0.25, 0.3) is 0 Å². The van der Waals surface area contributed by atoms with E-state index in [0.29, 0.717) is 5.56 Å². The van der Waals surface area contributed by atoms with Crippen LogP contribution in [0.4, 0.5) is 4.79 Å². The summed E-state index contributed by atoms with van der Waals surface area (Å²) in [5.41, 5.74) is -2.10. The van der Waals surface area contributed by atoms with Crippen molar-refractivity contribution in [3.8, 4) is 0 Å². The van der Waals surface area contributed by atoms with Gasteiger partial charge in [-0.1, -0.05) is 60.2 Å². The maximum atomic E-state index is 13.4. The first-order chi connectivity index (χ1) is 16.9. The summed E-state index contributed by atoms with van der Waals surface area (Å²) in [6, 6.07) is 16.3. The fraction of sp³-hybridized carbons (Fsp3) is 0.444. The monoisotopic (exact) mass is 496 g/mol. The number of rotatable bonds is 7. The van der Waals surface area contributed by atoms with E-state index in [0.717, 1.165) is 11.1 Å². The van der Waals surface area contributed by atoms with Gasteiger partial charge in [0.2, 0.25) is 5.54 Å². The smallest absolute Gasteiger partial charge is 0.467 e. The predicted octanol–water partition coefficient (Wildman–Crippen LogP) is 4.91. The Balaban J connectivity index is 2.13. The highest BCUT2D eigenvalue weighted by Gasteiger charge is 2.62. The van der Waals surface area contributed by atoms with E-state index in [1.165, 1.54) is 14.2 Å². The molecule has 2 aromatic rings. The topological polar surface area (TPSA) is 113 Å². The summed E-state index contributed by atoms with van der Waals surface area (Å²) in [6.45, 7) is 6.96. The van der Waals surface area contributed by atoms with Gasteiger partial charge >= 0.3 is 18.1 Å². The van der Waals surface area contributed by atoms with Gasteiger partial charge in [-0.2, -0.15) is 10.2 Å². The molecule has 0 saturated carbocycles. The lowest BCUT2D eigenvalue weighted by molar-refractivity contribution is -0.155. The minimum atomic E-state index is -1.86. The molecule has 0 aliphatic carbocycles. The lowest BCUT2D eigenvalue weighted by Crippen LogP contribution is -2.50. The molecule has 0 radical (unpaired) electrons. The molecule has 3 atom stereocenters. The van der Waals surface area contributed by atoms with Crippen LogP contribution in [0.15, 0.2) is 64.8 Å². The van der Waals surface area contributed by atoms with Crippen molar-refractivity contribution < 1.29 is 33.3 Å². The molecule has 0 saturated heterocycles. The van der Waals surface area contributed by atoms with Crippen LogP contribution in [0.2, 0.25) is 0 Å². The molecule has 0 unspecified atom stereocenters. The van der Waals surface area contributed by atoms with Crippen LogP contribution in [0.3, 0.4) is 0 Å². The summed E-state index contributed by atoms with van der Waals surface area (Å²) in [4.78, 5) is 39.3. The van der Waals surface area contributed by atoms with Crippen molar-refractivity contribution in [1.29, 1.82) is 0 Å². The van der Waals surface area contributed by atoms with E-state index in [1.54, 1.807) is 39.0 Å². The molecule has 9 heteroatoms. The Morgan fingerprint density at radius 2 is 1.61 bits per heavy atom. The van der Waals surface area contributed by atoms with E-state index in [1.807, 2.05) is 43.3 Å². The van der Waals surface area contributed by atoms with Gasteiger partial charge in [0, 0.05) is 12.8 Å². The van der Waals surface area contributed by atoms with Gasteiger partial charge in [0.1, 0.15) is 5.60 Å². The number of hydrogen-bond acceptors (Lipinski definition) is 9. The Morgan fingerprint density at radius 1 is 0.944 bits per heavy atom. The van der Waals surface area contributed by atoms with Crippen LogP contribution in [-0.2, 0) is 35.0 Å². The third-order valence-corrected chi connectivity index (χ3v) is 5.81. The molecule has 0 N–H and O–H groups in total. The molecule has 0 bridgehead atoms. The maximum Gasteiger partial charge on any atom is 0.509 e. The van der Waals surface area contributed by atoms with E-state index in [9.17, 15) is 14.4 Å². The Morgan fingerprint density at radius 3 is 2.19 bits per heavy atom. The summed E-state index contributed by atoms with van der Waals surface area (Å²) in [5.74, 6) is -1.47. The van der Waals surface area contributed by atoms with Crippen molar-refractivity contribution in [2.75, 3.05) is 14.2 Å². The van der Waals surface area contributed by atoms with E-state index in [2.05, 4.69) is 10.2 Å². The van der Waals surface area contributed by atoms with Crippen molar-refractivity contribution >= 4 is 18.1 Å². The Bertz CT molecular complexity index is 1140. The zero-order valence-corrected chi connectivity index (χ0v) is 21.4. The highest BCUT2D eigenvalue weighted by molar-refractivity contribution is 5.88. The second-order valence-electron chi connectivity index (χ2n) is 9.85. The highest BCUT2D eigenvalue weighted by atomic mass is 16.7. The zero-order valence-electron chi connectivity index (χ0n) is 21.4. The minimum Gasteiger partial charge on any atom is -0.467 e. The Labute approximate surface area is 210 Å². The zero-order chi connectivity index (χ0) is 26.6. The van der Waals surface area contributed by atoms with Crippen LogP contribution in [0.5, 0.6) is 0 Å². The summed E-state index contributed by atoms with van der Waals surface area (Å²) >= 11 is 0. The molecule has 1 aliphatic rings. The number of esters is 2. The summed E-state index contributed by atoms with van der Waals surface area (Å²) < 4.78 is 21.4. The Kier molecular flexibility index (Phi) is 7.81. The normalized spacial score (nSPS) is 21.9. The number of methoxy groups -OCH3 is 2. The van der Waals surface area contributed by atoms with Gasteiger partial charge in [-0.15, -0.1) is 0 Å². The third-order valence-electron chi connectivity index (χ3n) is 5.81. The molecule has 1 aliphatic heterocycles. The molecule has 0 amide bonds. The van der Waals surface area contributed by atoms with Gasteiger partial charge in [0.05, 0.1) is 14.2 Å². The highest BCUT2D eigenvalue weighted by Crippen LogP contribution is 2.48. The number of carbonyl (C=O) groups is 3. The average Bonchev–Trinajstić information content (AvgIpc) is 3.22. The van der Waals surface area contributed by atoms with Crippen LogP contribution in [-0.4, -0.2) is 49.0 Å². The average molecular weight is 497 g/mol. The number of ether oxygens (including phenoxy) is 4. The lowest BCUT2D eigenvalue weighted by atomic mass is 9.76. The fourth-order valence-corrected chi connectivity index (χ4v) is 4.29. The lowest BCUT2D eigenvalue weighted by Gasteiger charge is -2.34. The van der Waals surface area contributed by atoms with Crippen molar-refractivity contribution in [2.45, 2.75) is 63.3 Å². The molecule has 3 rings (SSSR count). The summed E-state index contributed by atoms with van der Waals surface area (Å²) in [5, 5.41) is 8.65. The van der Waals surface area contributed by atoms with Gasteiger partial charge in [-0.05, 0) is 38.8 Å². The van der Waals surface area contributed by atoms with Gasteiger partial charge in [-0.3, -0.25) is 0 Å². The Hall–Kier alpha value is -3.75. The first kappa shape index (κ1) is 26.8. The van der Waals surface area contributed by atoms with Crippen molar-refractivity contribution in [2.24, 2.45) is 10.2 Å². The molecule has 9 nitrogen and oxygen atoms in total. The molecule has 0 aromatic heterocycles. The van der Waals surface area contributed by atoms with Gasteiger partial charge in [0.15, 0.2) is 11.6 Å². The summed E-state index contributed by atoms with van der Waals surface area (Å²) in [7, 11) is 2.45. The molecule has 0 spiro atoms. The first-order valence-electron chi connectivity index (χ1n) is 11.6. The van der Waals surface area contributed by atoms with Crippen molar-refractivity contribution in [3.63, 3.8) is 0 Å². The van der Waals surface area contributed by atoms with Crippen LogP contribution < -0.4 is 0 Å². The predicted molar refractivity (Wildman–Crippen MR) is 130 cm³/mol. The molecule has 0 fully saturated rings. The van der Waals surface area contributed by atoms with Gasteiger partial charge < -0.3 is 18.9 Å². The quantitative estimate of drug-likeness (QED) is 0.395. The number of hydrogen-bond donors (Lipinski definition) is 0. The molecule has 36 heavy (non-hydrogen) atoms. The van der Waals surface area contributed by atoms with E-state index < -0.39 is 40.9 Å². The fourth-order valence-electron chi connectivity index (χ4n) is 4.29. The molecular weight excluding hydrogens is 464 g/mol. The first-order valence-corrected chi connectivity index (χ1v) is 11.6. The van der Waals surface area contributed by atoms with Gasteiger partial charge in [-0.25, -0.2) is 14.4 Å². The number of carbonyl (C=O) groups excluding carboxylic acids is 3. The molecule has 2 aromatic carbocycles. The van der Waals surface area contributed by atoms with Crippen LogP contribution in [0, 0.1) is 6.92 Å². The van der Waals surface area contributed by atoms with Gasteiger partial charge in [0.25, 0.3) is 0 Å². The molecule has 1 heterocycles. The SMILES string of the molecule is COC(=O)[C@@]1(Cc2ccccc2)C[C@](C(=O)OC)([C@@H](OC(=O)OC(C)(C)C)c2cccc(C)c2)N=N1. The number of nitrogens with zero attached hydrogens (tertiary/aromatic N) is 2. The number of azo groups is 1. The largest absolute Gasteiger partial charge is 0.509 e. The molecule has 192 valence electrons. The van der Waals surface area contributed by atoms with E-state index in [4.69, 9.17) is 18.9 Å². The minimum absolute atomic E-state index is 0.121. The number of benzene rings is 2. The van der Waals surface area contributed by atoms with E-state index >= 15 is 0 Å². The maximum absolute atomic E-state index is 13.4. The van der Waals surface area contributed by atoms with Crippen molar-refractivity contribution in [3.05, 3.63) is 71.3 Å². The second kappa shape index (κ2) is 10.5. The second-order valence-corrected chi connectivity index (χ2v) is 9.85. The van der Waals surface area contributed by atoms with E-state index in [-0.39, 0.29) is 12.8 Å². The van der Waals surface area contributed by atoms with Crippen molar-refractivity contribution in [1.82, 2.24) is 0 Å². The van der Waals surface area contributed by atoms with Crippen LogP contribution >= 0.6 is 0 Å². The third kappa shape index (κ3) is 5.72. The van der Waals surface area contributed by atoms with Crippen LogP contribution in [0.1, 0.15) is 50.0 Å². The number of aryl methyl sites for hydroxylation is 1. The standard InChI is InChI=1S/C27H32N2O7/c1-18-11-10-14-20(15-18)21(35-24(32)36-25(2,3)4)27(23(31)34-6)17-26(28-29-27,22(30)33-5)16-19-12-8-7-9-13-19/h7-15,21H,16-17H2,1-6H3/t21-,26+,27+/m0/s1.